The lowest BCUT2D eigenvalue weighted by molar-refractivity contribution is 0.0960. The summed E-state index contributed by atoms with van der Waals surface area (Å²) in [4.78, 5) is 21.7. The first-order valence-electron chi connectivity index (χ1n) is 8.44. The van der Waals surface area contributed by atoms with Crippen molar-refractivity contribution in [2.24, 2.45) is 5.16 Å². The van der Waals surface area contributed by atoms with Gasteiger partial charge in [-0.25, -0.2) is 9.97 Å². The quantitative estimate of drug-likeness (QED) is 0.360. The Bertz CT molecular complexity index is 1080. The van der Waals surface area contributed by atoms with Crippen LogP contribution in [0.25, 0.3) is 10.2 Å². The third-order valence-corrected chi connectivity index (χ3v) is 5.29. The second-order valence-corrected chi connectivity index (χ2v) is 7.02. The van der Waals surface area contributed by atoms with Crippen LogP contribution in [-0.2, 0) is 6.42 Å². The summed E-state index contributed by atoms with van der Waals surface area (Å²) < 4.78 is 5.52. The highest BCUT2D eigenvalue weighted by Gasteiger charge is 2.21. The molecule has 0 spiro atoms. The Morgan fingerprint density at radius 3 is 3.04 bits per heavy atom. The summed E-state index contributed by atoms with van der Waals surface area (Å²) in [5.74, 6) is 0.687. The number of amides is 1. The molecule has 3 heterocycles. The summed E-state index contributed by atoms with van der Waals surface area (Å²) in [6.45, 7) is 3.01. The molecule has 27 heavy (non-hydrogen) atoms. The molecule has 0 unspecified atom stereocenters. The van der Waals surface area contributed by atoms with Gasteiger partial charge in [-0.15, -0.1) is 11.3 Å². The number of anilines is 1. The molecule has 0 atom stereocenters. The molecule has 4 rings (SSSR count). The number of hydrogen-bond acceptors (Lipinski definition) is 8. The number of nitrogens with two attached hydrogens (primary N) is 1. The third kappa shape index (κ3) is 3.06. The fraction of sp³-hybridized carbons (Fsp3) is 0.222. The van der Waals surface area contributed by atoms with Crippen molar-refractivity contribution in [3.63, 3.8) is 0 Å². The summed E-state index contributed by atoms with van der Waals surface area (Å²) in [5.41, 5.74) is 8.23. The Labute approximate surface area is 158 Å². The van der Waals surface area contributed by atoms with Crippen molar-refractivity contribution in [3.8, 4) is 5.75 Å². The van der Waals surface area contributed by atoms with Gasteiger partial charge in [-0.1, -0.05) is 5.16 Å². The standard InChI is InChI=1S/C18H17N5O3S/c1-2-20-16(24)13-8-11-15(21-18(19)22-17(11)27-13)14(23-25)10-3-4-12-9(7-10)5-6-26-12/h3-4,7-8,25H,2,5-6H2,1H3,(H,20,24)(H2,19,21,22)/b23-14+. The van der Waals surface area contributed by atoms with E-state index in [1.807, 2.05) is 19.1 Å². The van der Waals surface area contributed by atoms with Gasteiger partial charge in [0, 0.05) is 23.9 Å². The van der Waals surface area contributed by atoms with Crippen LogP contribution in [0.5, 0.6) is 5.75 Å². The summed E-state index contributed by atoms with van der Waals surface area (Å²) in [7, 11) is 0. The van der Waals surface area contributed by atoms with Gasteiger partial charge in [0.15, 0.2) is 0 Å². The molecule has 1 aliphatic heterocycles. The van der Waals surface area contributed by atoms with Crippen molar-refractivity contribution in [3.05, 3.63) is 46.0 Å². The van der Waals surface area contributed by atoms with E-state index in [2.05, 4.69) is 20.4 Å². The molecule has 3 aromatic rings. The number of ether oxygens (including phenoxy) is 1. The van der Waals surface area contributed by atoms with Gasteiger partial charge in [-0.05, 0) is 36.8 Å². The minimum atomic E-state index is -0.192. The van der Waals surface area contributed by atoms with Crippen LogP contribution in [0.1, 0.15) is 33.4 Å². The highest BCUT2D eigenvalue weighted by atomic mass is 32.1. The Morgan fingerprint density at radius 2 is 2.26 bits per heavy atom. The van der Waals surface area contributed by atoms with Gasteiger partial charge in [-0.3, -0.25) is 4.79 Å². The van der Waals surface area contributed by atoms with Crippen molar-refractivity contribution in [1.82, 2.24) is 15.3 Å². The van der Waals surface area contributed by atoms with Crippen molar-refractivity contribution < 1.29 is 14.7 Å². The number of carbonyl (C=O) groups is 1. The third-order valence-electron chi connectivity index (χ3n) is 4.26. The Morgan fingerprint density at radius 1 is 1.41 bits per heavy atom. The molecule has 1 amide bonds. The molecule has 0 fully saturated rings. The predicted octanol–water partition coefficient (Wildman–Crippen LogP) is 2.18. The number of nitrogen functional groups attached to an aromatic ring is 1. The van der Waals surface area contributed by atoms with Crippen LogP contribution in [0, 0.1) is 0 Å². The van der Waals surface area contributed by atoms with Gasteiger partial charge >= 0.3 is 0 Å². The second kappa shape index (κ2) is 6.84. The van der Waals surface area contributed by atoms with Crippen LogP contribution in [0.15, 0.2) is 29.4 Å². The van der Waals surface area contributed by atoms with E-state index in [0.29, 0.717) is 39.5 Å². The van der Waals surface area contributed by atoms with Gasteiger partial charge in [0.25, 0.3) is 5.91 Å². The maximum absolute atomic E-state index is 12.2. The van der Waals surface area contributed by atoms with Gasteiger partial charge in [0.05, 0.1) is 11.5 Å². The van der Waals surface area contributed by atoms with Crippen LogP contribution in [0.3, 0.4) is 0 Å². The number of nitrogens with zero attached hydrogens (tertiary/aromatic N) is 3. The van der Waals surface area contributed by atoms with E-state index in [-0.39, 0.29) is 17.6 Å². The highest BCUT2D eigenvalue weighted by Crippen LogP contribution is 2.31. The zero-order valence-electron chi connectivity index (χ0n) is 14.5. The zero-order chi connectivity index (χ0) is 19.0. The first-order chi connectivity index (χ1) is 13.1. The van der Waals surface area contributed by atoms with Crippen LogP contribution < -0.4 is 15.8 Å². The number of fused-ring (bicyclic) bond motifs is 2. The number of carbonyl (C=O) groups excluding carboxylic acids is 1. The summed E-state index contributed by atoms with van der Waals surface area (Å²) in [6.07, 6.45) is 0.795. The van der Waals surface area contributed by atoms with Crippen molar-refractivity contribution in [2.45, 2.75) is 13.3 Å². The van der Waals surface area contributed by atoms with E-state index in [9.17, 15) is 10.0 Å². The number of nitrogens with one attached hydrogen (secondary N) is 1. The monoisotopic (exact) mass is 383 g/mol. The molecule has 9 heteroatoms. The van der Waals surface area contributed by atoms with Crippen LogP contribution >= 0.6 is 11.3 Å². The normalized spacial score (nSPS) is 13.4. The van der Waals surface area contributed by atoms with Gasteiger partial charge < -0.3 is 21.0 Å². The first-order valence-corrected chi connectivity index (χ1v) is 9.26. The number of benzene rings is 1. The number of hydrogen-bond donors (Lipinski definition) is 3. The highest BCUT2D eigenvalue weighted by molar-refractivity contribution is 7.20. The summed E-state index contributed by atoms with van der Waals surface area (Å²) in [5, 5.41) is 16.6. The smallest absolute Gasteiger partial charge is 0.261 e. The average Bonchev–Trinajstić information content (AvgIpc) is 3.28. The maximum atomic E-state index is 12.2. The Balaban J connectivity index is 1.85. The molecular formula is C18H17N5O3S. The van der Waals surface area contributed by atoms with E-state index >= 15 is 0 Å². The van der Waals surface area contributed by atoms with Gasteiger partial charge in [-0.2, -0.15) is 0 Å². The minimum Gasteiger partial charge on any atom is -0.493 e. The number of oxime groups is 1. The number of rotatable bonds is 4. The molecule has 0 saturated carbocycles. The number of aromatic nitrogens is 2. The van der Waals surface area contributed by atoms with Crippen LogP contribution in [-0.4, -0.2) is 39.9 Å². The van der Waals surface area contributed by atoms with Crippen molar-refractivity contribution >= 4 is 39.1 Å². The Hall–Kier alpha value is -3.20. The molecule has 0 bridgehead atoms. The van der Waals surface area contributed by atoms with E-state index in [0.717, 1.165) is 17.7 Å². The predicted molar refractivity (Wildman–Crippen MR) is 103 cm³/mol. The topological polar surface area (TPSA) is 123 Å². The van der Waals surface area contributed by atoms with E-state index in [4.69, 9.17) is 10.5 Å². The lowest BCUT2D eigenvalue weighted by Crippen LogP contribution is -2.21. The molecule has 8 nitrogen and oxygen atoms in total. The molecule has 1 aliphatic rings. The lowest BCUT2D eigenvalue weighted by Gasteiger charge is -2.08. The minimum absolute atomic E-state index is 0.0486. The van der Waals surface area contributed by atoms with Gasteiger partial charge in [0.2, 0.25) is 5.95 Å². The fourth-order valence-electron chi connectivity index (χ4n) is 3.05. The summed E-state index contributed by atoms with van der Waals surface area (Å²) >= 11 is 1.22. The lowest BCUT2D eigenvalue weighted by atomic mass is 10.0. The SMILES string of the molecule is CCNC(=O)c1cc2c(/C(=N/O)c3ccc4c(c3)CCO4)nc(N)nc2s1. The second-order valence-electron chi connectivity index (χ2n) is 5.99. The molecular weight excluding hydrogens is 366 g/mol. The van der Waals surface area contributed by atoms with Crippen molar-refractivity contribution in [2.75, 3.05) is 18.9 Å². The van der Waals surface area contributed by atoms with Crippen LogP contribution in [0.4, 0.5) is 5.95 Å². The molecule has 0 saturated heterocycles. The molecule has 138 valence electrons. The molecule has 2 aromatic heterocycles. The van der Waals surface area contributed by atoms with Gasteiger partial charge in [0.1, 0.15) is 22.0 Å². The maximum Gasteiger partial charge on any atom is 0.261 e. The fourth-order valence-corrected chi connectivity index (χ4v) is 4.01. The zero-order valence-corrected chi connectivity index (χ0v) is 15.3. The average molecular weight is 383 g/mol. The number of thiophene rings is 1. The Kier molecular flexibility index (Phi) is 4.36. The van der Waals surface area contributed by atoms with Crippen LogP contribution in [0.2, 0.25) is 0 Å². The molecule has 4 N–H and O–H groups in total. The summed E-state index contributed by atoms with van der Waals surface area (Å²) in [6, 6.07) is 7.26. The van der Waals surface area contributed by atoms with Crippen molar-refractivity contribution in [1.29, 1.82) is 0 Å². The molecule has 1 aromatic carbocycles. The first kappa shape index (κ1) is 17.2. The molecule has 0 radical (unpaired) electrons. The van der Waals surface area contributed by atoms with E-state index < -0.39 is 0 Å². The van der Waals surface area contributed by atoms with E-state index in [1.165, 1.54) is 11.3 Å². The van der Waals surface area contributed by atoms with E-state index in [1.54, 1.807) is 12.1 Å². The largest absolute Gasteiger partial charge is 0.493 e. The molecule has 0 aliphatic carbocycles.